The topological polar surface area (TPSA) is 29.1 Å². The normalized spacial score (nSPS) is 12.2. The summed E-state index contributed by atoms with van der Waals surface area (Å²) in [4.78, 5) is 11.6. The van der Waals surface area contributed by atoms with E-state index in [4.69, 9.17) is 0 Å². The molecule has 0 radical (unpaired) electrons. The highest BCUT2D eigenvalue weighted by molar-refractivity contribution is 9.10. The summed E-state index contributed by atoms with van der Waals surface area (Å²) in [5.74, 6) is -0.00755. The fourth-order valence-electron chi connectivity index (χ4n) is 1.01. The zero-order valence-electron chi connectivity index (χ0n) is 8.38. The molecule has 0 bridgehead atoms. The van der Waals surface area contributed by atoms with E-state index in [9.17, 15) is 4.79 Å². The van der Waals surface area contributed by atoms with E-state index in [1.807, 2.05) is 38.1 Å². The van der Waals surface area contributed by atoms with Gasteiger partial charge in [0.1, 0.15) is 0 Å². The van der Waals surface area contributed by atoms with E-state index in [1.165, 1.54) is 0 Å². The van der Waals surface area contributed by atoms with Gasteiger partial charge < -0.3 is 5.32 Å². The minimum absolute atomic E-state index is 0.00755. The van der Waals surface area contributed by atoms with Crippen molar-refractivity contribution in [1.29, 1.82) is 0 Å². The molecule has 1 rings (SSSR count). The summed E-state index contributed by atoms with van der Waals surface area (Å²) >= 11 is 3.33. The van der Waals surface area contributed by atoms with E-state index >= 15 is 0 Å². The number of carbonyl (C=O) groups is 1. The molecule has 1 aromatic rings. The first kappa shape index (κ1) is 11.2. The molecule has 1 amide bonds. The maximum atomic E-state index is 11.6. The van der Waals surface area contributed by atoms with Crippen LogP contribution in [0.25, 0.3) is 0 Å². The van der Waals surface area contributed by atoms with Gasteiger partial charge in [0.15, 0.2) is 0 Å². The first-order chi connectivity index (χ1) is 6.63. The molecule has 0 heterocycles. The van der Waals surface area contributed by atoms with E-state index in [0.717, 1.165) is 10.9 Å². The summed E-state index contributed by atoms with van der Waals surface area (Å²) in [6, 6.07) is 7.58. The van der Waals surface area contributed by atoms with Crippen LogP contribution < -0.4 is 5.32 Å². The zero-order valence-corrected chi connectivity index (χ0v) is 9.97. The van der Waals surface area contributed by atoms with E-state index in [0.29, 0.717) is 5.56 Å². The third-order valence-corrected chi connectivity index (χ3v) is 2.62. The van der Waals surface area contributed by atoms with Crippen LogP contribution in [0.5, 0.6) is 0 Å². The van der Waals surface area contributed by atoms with E-state index < -0.39 is 0 Å². The highest BCUT2D eigenvalue weighted by atomic mass is 79.9. The Kier molecular flexibility index (Phi) is 4.14. The lowest BCUT2D eigenvalue weighted by Crippen LogP contribution is -2.31. The first-order valence-electron chi connectivity index (χ1n) is 4.70. The molecule has 1 N–H and O–H groups in total. The molecule has 0 saturated carbocycles. The van der Waals surface area contributed by atoms with Crippen molar-refractivity contribution >= 4 is 21.8 Å². The third-order valence-electron chi connectivity index (χ3n) is 2.10. The van der Waals surface area contributed by atoms with Crippen LogP contribution >= 0.6 is 15.9 Å². The number of nitrogens with one attached hydrogen (secondary N) is 1. The standard InChI is InChI=1S/C11H14BrNO/c1-3-8(2)13-11(14)9-4-6-10(12)7-5-9/h4-8H,3H2,1-2H3,(H,13,14)/t8-/m1/s1. The summed E-state index contributed by atoms with van der Waals surface area (Å²) < 4.78 is 0.984. The number of carbonyl (C=O) groups excluding carboxylic acids is 1. The Hall–Kier alpha value is -0.830. The van der Waals surface area contributed by atoms with Gasteiger partial charge in [0, 0.05) is 16.1 Å². The Morgan fingerprint density at radius 2 is 2.00 bits per heavy atom. The number of rotatable bonds is 3. The molecular formula is C11H14BrNO. The van der Waals surface area contributed by atoms with Crippen LogP contribution in [0, 0.1) is 0 Å². The van der Waals surface area contributed by atoms with Crippen molar-refractivity contribution in [3.8, 4) is 0 Å². The number of hydrogen-bond donors (Lipinski definition) is 1. The number of amides is 1. The summed E-state index contributed by atoms with van der Waals surface area (Å²) in [6.07, 6.45) is 0.947. The predicted molar refractivity (Wildman–Crippen MR) is 61.4 cm³/mol. The molecule has 0 aliphatic carbocycles. The number of benzene rings is 1. The minimum atomic E-state index is -0.00755. The molecule has 0 unspecified atom stereocenters. The highest BCUT2D eigenvalue weighted by Crippen LogP contribution is 2.10. The molecular weight excluding hydrogens is 242 g/mol. The maximum Gasteiger partial charge on any atom is 0.251 e. The second kappa shape index (κ2) is 5.15. The van der Waals surface area contributed by atoms with Gasteiger partial charge in [0.05, 0.1) is 0 Å². The fourth-order valence-corrected chi connectivity index (χ4v) is 1.27. The monoisotopic (exact) mass is 255 g/mol. The van der Waals surface area contributed by atoms with Gasteiger partial charge in [-0.25, -0.2) is 0 Å². The van der Waals surface area contributed by atoms with Crippen molar-refractivity contribution in [2.75, 3.05) is 0 Å². The van der Waals surface area contributed by atoms with E-state index in [2.05, 4.69) is 21.2 Å². The second-order valence-corrected chi connectivity index (χ2v) is 4.21. The third kappa shape index (κ3) is 3.14. The van der Waals surface area contributed by atoms with Crippen molar-refractivity contribution in [1.82, 2.24) is 5.32 Å². The summed E-state index contributed by atoms with van der Waals surface area (Å²) in [7, 11) is 0. The van der Waals surface area contributed by atoms with Gasteiger partial charge in [-0.3, -0.25) is 4.79 Å². The smallest absolute Gasteiger partial charge is 0.251 e. The molecule has 0 fully saturated rings. The highest BCUT2D eigenvalue weighted by Gasteiger charge is 2.07. The second-order valence-electron chi connectivity index (χ2n) is 3.29. The van der Waals surface area contributed by atoms with Crippen molar-refractivity contribution in [2.45, 2.75) is 26.3 Å². The van der Waals surface area contributed by atoms with Crippen molar-refractivity contribution in [3.63, 3.8) is 0 Å². The van der Waals surface area contributed by atoms with Gasteiger partial charge >= 0.3 is 0 Å². The van der Waals surface area contributed by atoms with Gasteiger partial charge in [0.2, 0.25) is 0 Å². The fraction of sp³-hybridized carbons (Fsp3) is 0.364. The van der Waals surface area contributed by atoms with Crippen LogP contribution in [0.2, 0.25) is 0 Å². The molecule has 0 aliphatic rings. The molecule has 1 aromatic carbocycles. The van der Waals surface area contributed by atoms with Crippen LogP contribution in [0.4, 0.5) is 0 Å². The van der Waals surface area contributed by atoms with Gasteiger partial charge in [-0.05, 0) is 37.6 Å². The summed E-state index contributed by atoms with van der Waals surface area (Å²) in [6.45, 7) is 4.04. The van der Waals surface area contributed by atoms with E-state index in [1.54, 1.807) is 0 Å². The Morgan fingerprint density at radius 3 is 2.50 bits per heavy atom. The Bertz CT molecular complexity index is 308. The lowest BCUT2D eigenvalue weighted by atomic mass is 10.2. The molecule has 3 heteroatoms. The molecule has 2 nitrogen and oxygen atoms in total. The van der Waals surface area contributed by atoms with Crippen LogP contribution in [0.3, 0.4) is 0 Å². The molecule has 0 saturated heterocycles. The van der Waals surface area contributed by atoms with Gasteiger partial charge in [0.25, 0.3) is 5.91 Å². The van der Waals surface area contributed by atoms with Crippen LogP contribution in [0.15, 0.2) is 28.7 Å². The van der Waals surface area contributed by atoms with Crippen molar-refractivity contribution in [3.05, 3.63) is 34.3 Å². The van der Waals surface area contributed by atoms with Crippen LogP contribution in [0.1, 0.15) is 30.6 Å². The molecule has 1 atom stereocenters. The summed E-state index contributed by atoms with van der Waals surface area (Å²) in [5, 5.41) is 2.91. The van der Waals surface area contributed by atoms with Gasteiger partial charge in [-0.15, -0.1) is 0 Å². The van der Waals surface area contributed by atoms with Crippen LogP contribution in [-0.2, 0) is 0 Å². The molecule has 0 spiro atoms. The summed E-state index contributed by atoms with van der Waals surface area (Å²) in [5.41, 5.74) is 0.702. The van der Waals surface area contributed by atoms with Gasteiger partial charge in [-0.1, -0.05) is 22.9 Å². The van der Waals surface area contributed by atoms with Crippen LogP contribution in [-0.4, -0.2) is 11.9 Å². The van der Waals surface area contributed by atoms with Crippen molar-refractivity contribution < 1.29 is 4.79 Å². The Labute approximate surface area is 92.8 Å². The molecule has 14 heavy (non-hydrogen) atoms. The zero-order chi connectivity index (χ0) is 10.6. The molecule has 0 aromatic heterocycles. The van der Waals surface area contributed by atoms with E-state index in [-0.39, 0.29) is 11.9 Å². The minimum Gasteiger partial charge on any atom is -0.350 e. The van der Waals surface area contributed by atoms with Crippen molar-refractivity contribution in [2.24, 2.45) is 0 Å². The lowest BCUT2D eigenvalue weighted by Gasteiger charge is -2.10. The maximum absolute atomic E-state index is 11.6. The number of halogens is 1. The SMILES string of the molecule is CC[C@@H](C)NC(=O)c1ccc(Br)cc1. The lowest BCUT2D eigenvalue weighted by molar-refractivity contribution is 0.0939. The number of hydrogen-bond acceptors (Lipinski definition) is 1. The largest absolute Gasteiger partial charge is 0.350 e. The molecule has 0 aliphatic heterocycles. The first-order valence-corrected chi connectivity index (χ1v) is 5.49. The predicted octanol–water partition coefficient (Wildman–Crippen LogP) is 2.98. The average molecular weight is 256 g/mol. The Balaban J connectivity index is 2.65. The van der Waals surface area contributed by atoms with Gasteiger partial charge in [-0.2, -0.15) is 0 Å². The quantitative estimate of drug-likeness (QED) is 0.885. The Morgan fingerprint density at radius 1 is 1.43 bits per heavy atom. The average Bonchev–Trinajstić information content (AvgIpc) is 2.18. The molecule has 76 valence electrons.